The molecule has 0 spiro atoms. The van der Waals surface area contributed by atoms with Crippen molar-refractivity contribution >= 4 is 14.0 Å². The van der Waals surface area contributed by atoms with Crippen molar-refractivity contribution in [2.24, 2.45) is 0 Å². The zero-order valence-corrected chi connectivity index (χ0v) is 15.2. The van der Waals surface area contributed by atoms with Crippen LogP contribution in [0.25, 0.3) is 0 Å². The SMILES string of the molecule is C=CC[Si](CC=C)(CC=C)CCCCCCOC(=O)C(=C)C. The number of allylic oxidation sites excluding steroid dienone is 3. The molecule has 0 saturated heterocycles. The van der Waals surface area contributed by atoms with Gasteiger partial charge in [0.1, 0.15) is 0 Å². The molecule has 0 bridgehead atoms. The maximum Gasteiger partial charge on any atom is 0.333 e. The molecule has 0 aliphatic carbocycles. The van der Waals surface area contributed by atoms with Crippen LogP contribution < -0.4 is 0 Å². The molecule has 0 rings (SSSR count). The van der Waals surface area contributed by atoms with Crippen LogP contribution in [-0.4, -0.2) is 20.7 Å². The van der Waals surface area contributed by atoms with Gasteiger partial charge in [0.25, 0.3) is 0 Å². The second-order valence-electron chi connectivity index (χ2n) is 6.06. The van der Waals surface area contributed by atoms with E-state index in [1.165, 1.54) is 18.9 Å². The van der Waals surface area contributed by atoms with Crippen LogP contribution in [0.1, 0.15) is 32.6 Å². The summed E-state index contributed by atoms with van der Waals surface area (Å²) in [7, 11) is -1.35. The molecule has 0 amide bonds. The van der Waals surface area contributed by atoms with Gasteiger partial charge in [-0.05, 0) is 31.5 Å². The van der Waals surface area contributed by atoms with Crippen LogP contribution in [-0.2, 0) is 9.53 Å². The summed E-state index contributed by atoms with van der Waals surface area (Å²) in [6, 6.07) is 4.71. The highest BCUT2D eigenvalue weighted by atomic mass is 28.3. The average Bonchev–Trinajstić information content (AvgIpc) is 2.46. The topological polar surface area (TPSA) is 26.3 Å². The van der Waals surface area contributed by atoms with Crippen LogP contribution in [0.2, 0.25) is 24.2 Å². The minimum atomic E-state index is -1.35. The molecule has 0 fully saturated rings. The summed E-state index contributed by atoms with van der Waals surface area (Å²) in [6.45, 7) is 17.5. The molecule has 22 heavy (non-hydrogen) atoms. The van der Waals surface area contributed by atoms with Crippen LogP contribution in [0.15, 0.2) is 50.1 Å². The maximum absolute atomic E-state index is 11.2. The van der Waals surface area contributed by atoms with E-state index in [1.54, 1.807) is 6.92 Å². The summed E-state index contributed by atoms with van der Waals surface area (Å²) < 4.78 is 5.10. The summed E-state index contributed by atoms with van der Waals surface area (Å²) >= 11 is 0. The molecule has 0 aromatic carbocycles. The van der Waals surface area contributed by atoms with Gasteiger partial charge in [0.05, 0.1) is 14.7 Å². The zero-order chi connectivity index (χ0) is 16.8. The van der Waals surface area contributed by atoms with Crippen LogP contribution in [0.3, 0.4) is 0 Å². The number of hydrogen-bond acceptors (Lipinski definition) is 2. The maximum atomic E-state index is 11.2. The third kappa shape index (κ3) is 8.83. The molecule has 0 radical (unpaired) electrons. The van der Waals surface area contributed by atoms with Gasteiger partial charge in [-0.25, -0.2) is 4.79 Å². The van der Waals surface area contributed by atoms with Crippen molar-refractivity contribution in [1.29, 1.82) is 0 Å². The van der Waals surface area contributed by atoms with Gasteiger partial charge in [-0.15, -0.1) is 19.7 Å². The molecule has 0 aromatic heterocycles. The summed E-state index contributed by atoms with van der Waals surface area (Å²) in [5, 5.41) is 0. The molecule has 0 unspecified atom stereocenters. The first-order chi connectivity index (χ1) is 10.5. The fraction of sp³-hybridized carbons (Fsp3) is 0.526. The van der Waals surface area contributed by atoms with Gasteiger partial charge in [0, 0.05) is 5.57 Å². The second-order valence-corrected chi connectivity index (χ2v) is 10.8. The lowest BCUT2D eigenvalue weighted by atomic mass is 10.2. The largest absolute Gasteiger partial charge is 0.462 e. The van der Waals surface area contributed by atoms with Crippen molar-refractivity contribution in [2.45, 2.75) is 56.8 Å². The van der Waals surface area contributed by atoms with Crippen LogP contribution in [0, 0.1) is 0 Å². The summed E-state index contributed by atoms with van der Waals surface area (Å²) in [6.07, 6.45) is 10.6. The van der Waals surface area contributed by atoms with E-state index in [0.717, 1.165) is 31.0 Å². The first-order valence-corrected chi connectivity index (χ1v) is 11.0. The lowest BCUT2D eigenvalue weighted by Gasteiger charge is -2.28. The Kier molecular flexibility index (Phi) is 11.5. The van der Waals surface area contributed by atoms with Crippen molar-refractivity contribution in [3.05, 3.63) is 50.1 Å². The van der Waals surface area contributed by atoms with Crippen LogP contribution in [0.4, 0.5) is 0 Å². The summed E-state index contributed by atoms with van der Waals surface area (Å²) in [5.74, 6) is -0.283. The Morgan fingerprint density at radius 3 is 1.91 bits per heavy atom. The van der Waals surface area contributed by atoms with Gasteiger partial charge in [-0.1, -0.05) is 50.1 Å². The van der Waals surface area contributed by atoms with Gasteiger partial charge in [-0.2, -0.15) is 0 Å². The third-order valence-electron chi connectivity index (χ3n) is 3.92. The third-order valence-corrected chi connectivity index (χ3v) is 8.79. The molecule has 0 aromatic rings. The summed E-state index contributed by atoms with van der Waals surface area (Å²) in [5.41, 5.74) is 0.467. The van der Waals surface area contributed by atoms with E-state index in [2.05, 4.69) is 44.5 Å². The number of carbonyl (C=O) groups excluding carboxylic acids is 1. The van der Waals surface area contributed by atoms with Crippen LogP contribution in [0.5, 0.6) is 0 Å². The highest BCUT2D eigenvalue weighted by molar-refractivity contribution is 6.81. The molecular weight excluding hydrogens is 288 g/mol. The predicted molar refractivity (Wildman–Crippen MR) is 99.8 cm³/mol. The van der Waals surface area contributed by atoms with E-state index in [4.69, 9.17) is 4.74 Å². The van der Waals surface area contributed by atoms with E-state index < -0.39 is 8.07 Å². The Morgan fingerprint density at radius 2 is 1.45 bits per heavy atom. The number of carbonyl (C=O) groups is 1. The zero-order valence-electron chi connectivity index (χ0n) is 14.2. The van der Waals surface area contributed by atoms with E-state index in [9.17, 15) is 4.79 Å². The van der Waals surface area contributed by atoms with Crippen molar-refractivity contribution in [1.82, 2.24) is 0 Å². The smallest absolute Gasteiger partial charge is 0.333 e. The van der Waals surface area contributed by atoms with E-state index in [1.807, 2.05) is 0 Å². The van der Waals surface area contributed by atoms with Gasteiger partial charge in [0.2, 0.25) is 0 Å². The number of rotatable bonds is 14. The molecule has 3 heteroatoms. The Labute approximate surface area is 137 Å². The standard InChI is InChI=1S/C19H32O2Si/c1-6-14-22(15-7-2,16-8-3)17-12-10-9-11-13-21-19(20)18(4)5/h6-8H,1-4,9-17H2,5H3. The van der Waals surface area contributed by atoms with Crippen molar-refractivity contribution in [3.63, 3.8) is 0 Å². The first kappa shape index (κ1) is 20.6. The minimum Gasteiger partial charge on any atom is -0.462 e. The monoisotopic (exact) mass is 320 g/mol. The Hall–Kier alpha value is -1.35. The first-order valence-electron chi connectivity index (χ1n) is 8.16. The van der Waals surface area contributed by atoms with Gasteiger partial charge in [-0.3, -0.25) is 0 Å². The lowest BCUT2D eigenvalue weighted by molar-refractivity contribution is -0.139. The van der Waals surface area contributed by atoms with E-state index >= 15 is 0 Å². The number of ether oxygens (including phenoxy) is 1. The molecule has 0 aliphatic heterocycles. The number of hydrogen-bond donors (Lipinski definition) is 0. The Bertz CT molecular complexity index is 358. The fourth-order valence-electron chi connectivity index (χ4n) is 2.72. The van der Waals surface area contributed by atoms with E-state index in [-0.39, 0.29) is 5.97 Å². The molecular formula is C19H32O2Si. The predicted octanol–water partition coefficient (Wildman–Crippen LogP) is 5.67. The quantitative estimate of drug-likeness (QED) is 0.135. The van der Waals surface area contributed by atoms with Crippen molar-refractivity contribution in [2.75, 3.05) is 6.61 Å². The minimum absolute atomic E-state index is 0.283. The summed E-state index contributed by atoms with van der Waals surface area (Å²) in [4.78, 5) is 11.2. The molecule has 0 atom stereocenters. The Balaban J connectivity index is 4.00. The molecule has 0 heterocycles. The van der Waals surface area contributed by atoms with Crippen molar-refractivity contribution < 1.29 is 9.53 Å². The Morgan fingerprint density at radius 1 is 0.955 bits per heavy atom. The molecule has 0 N–H and O–H groups in total. The number of esters is 1. The molecule has 2 nitrogen and oxygen atoms in total. The lowest BCUT2D eigenvalue weighted by Crippen LogP contribution is -2.31. The van der Waals surface area contributed by atoms with E-state index in [0.29, 0.717) is 12.2 Å². The normalized spacial score (nSPS) is 10.8. The molecule has 0 saturated carbocycles. The van der Waals surface area contributed by atoms with Crippen LogP contribution >= 0.6 is 0 Å². The average molecular weight is 321 g/mol. The van der Waals surface area contributed by atoms with Gasteiger partial charge in [0.15, 0.2) is 0 Å². The van der Waals surface area contributed by atoms with Gasteiger partial charge < -0.3 is 4.74 Å². The number of unbranched alkanes of at least 4 members (excludes halogenated alkanes) is 3. The molecule has 124 valence electrons. The second kappa shape index (κ2) is 12.2. The highest BCUT2D eigenvalue weighted by Crippen LogP contribution is 2.29. The van der Waals surface area contributed by atoms with Crippen molar-refractivity contribution in [3.8, 4) is 0 Å². The fourth-order valence-corrected chi connectivity index (χ4v) is 6.67. The highest BCUT2D eigenvalue weighted by Gasteiger charge is 2.27. The molecule has 0 aliphatic rings. The van der Waals surface area contributed by atoms with Gasteiger partial charge >= 0.3 is 5.97 Å².